The molecule has 0 bridgehead atoms. The molecule has 1 aliphatic heterocycles. The van der Waals surface area contributed by atoms with E-state index in [2.05, 4.69) is 21.2 Å². The van der Waals surface area contributed by atoms with E-state index >= 15 is 0 Å². The molecule has 2 atom stereocenters. The monoisotopic (exact) mass is 327 g/mol. The molecule has 24 heavy (non-hydrogen) atoms. The summed E-state index contributed by atoms with van der Waals surface area (Å²) < 4.78 is 13.3. The van der Waals surface area contributed by atoms with Crippen LogP contribution in [0.5, 0.6) is 5.75 Å². The lowest BCUT2D eigenvalue weighted by atomic mass is 10.2. The fourth-order valence-electron chi connectivity index (χ4n) is 3.08. The van der Waals surface area contributed by atoms with Gasteiger partial charge in [0.2, 0.25) is 0 Å². The molecule has 1 aliphatic rings. The van der Waals surface area contributed by atoms with Crippen molar-refractivity contribution in [2.75, 3.05) is 26.8 Å². The molecule has 0 saturated carbocycles. The van der Waals surface area contributed by atoms with Gasteiger partial charge >= 0.3 is 0 Å². The Labute approximate surface area is 141 Å². The molecule has 3 rings (SSSR count). The number of hydrogen-bond acceptors (Lipinski definition) is 6. The SMILES string of the molecule is CO[C@@H]1C[C@@H](c2nncn2C)N(CCOc2cccc(C#N)c2)C1. The first-order valence-corrected chi connectivity index (χ1v) is 7.95. The van der Waals surface area contributed by atoms with Gasteiger partial charge in [-0.05, 0) is 24.6 Å². The topological polar surface area (TPSA) is 76.2 Å². The van der Waals surface area contributed by atoms with E-state index in [0.717, 1.165) is 25.3 Å². The second-order valence-corrected chi connectivity index (χ2v) is 5.89. The number of methoxy groups -OCH3 is 1. The number of likely N-dealkylation sites (tertiary alicyclic amines) is 1. The highest BCUT2D eigenvalue weighted by Crippen LogP contribution is 2.31. The second kappa shape index (κ2) is 7.43. The molecule has 2 heterocycles. The molecule has 1 saturated heterocycles. The number of aryl methyl sites for hydroxylation is 1. The first-order valence-electron chi connectivity index (χ1n) is 7.95. The largest absolute Gasteiger partial charge is 0.492 e. The zero-order chi connectivity index (χ0) is 16.9. The van der Waals surface area contributed by atoms with Gasteiger partial charge in [-0.1, -0.05) is 6.07 Å². The maximum atomic E-state index is 8.94. The normalized spacial score (nSPS) is 20.9. The average molecular weight is 327 g/mol. The van der Waals surface area contributed by atoms with Gasteiger partial charge in [0.05, 0.1) is 23.8 Å². The summed E-state index contributed by atoms with van der Waals surface area (Å²) in [5.41, 5.74) is 0.602. The Balaban J connectivity index is 1.62. The van der Waals surface area contributed by atoms with E-state index in [-0.39, 0.29) is 12.1 Å². The molecular formula is C17H21N5O2. The summed E-state index contributed by atoms with van der Waals surface area (Å²) in [5.74, 6) is 1.66. The quantitative estimate of drug-likeness (QED) is 0.801. The molecule has 7 heteroatoms. The molecule has 1 aromatic carbocycles. The van der Waals surface area contributed by atoms with Crippen molar-refractivity contribution in [2.24, 2.45) is 7.05 Å². The molecule has 0 spiro atoms. The molecule has 0 N–H and O–H groups in total. The molecule has 2 aromatic rings. The summed E-state index contributed by atoms with van der Waals surface area (Å²) >= 11 is 0. The zero-order valence-corrected chi connectivity index (χ0v) is 13.9. The summed E-state index contributed by atoms with van der Waals surface area (Å²) in [6.07, 6.45) is 2.80. The number of hydrogen-bond donors (Lipinski definition) is 0. The van der Waals surface area contributed by atoms with E-state index in [1.54, 1.807) is 25.6 Å². The number of benzene rings is 1. The van der Waals surface area contributed by atoms with E-state index in [4.69, 9.17) is 14.7 Å². The van der Waals surface area contributed by atoms with Gasteiger partial charge < -0.3 is 14.0 Å². The molecule has 126 valence electrons. The van der Waals surface area contributed by atoms with E-state index < -0.39 is 0 Å². The van der Waals surface area contributed by atoms with E-state index in [0.29, 0.717) is 17.9 Å². The Morgan fingerprint density at radius 2 is 2.29 bits per heavy atom. The van der Waals surface area contributed by atoms with Crippen LogP contribution in [0.1, 0.15) is 23.9 Å². The van der Waals surface area contributed by atoms with Crippen LogP contribution < -0.4 is 4.74 Å². The molecule has 0 amide bonds. The standard InChI is InChI=1S/C17H21N5O2/c1-21-12-19-20-17(21)16-9-15(23-2)11-22(16)6-7-24-14-5-3-4-13(8-14)10-18/h3-5,8,12,15-16H,6-7,9,11H2,1-2H3/t15-,16+/m1/s1. The highest BCUT2D eigenvalue weighted by atomic mass is 16.5. The van der Waals surface area contributed by atoms with Gasteiger partial charge in [-0.15, -0.1) is 10.2 Å². The minimum atomic E-state index is 0.177. The maximum absolute atomic E-state index is 8.94. The Morgan fingerprint density at radius 1 is 1.42 bits per heavy atom. The fraction of sp³-hybridized carbons (Fsp3) is 0.471. The fourth-order valence-corrected chi connectivity index (χ4v) is 3.08. The van der Waals surface area contributed by atoms with Crippen LogP contribution >= 0.6 is 0 Å². The van der Waals surface area contributed by atoms with Crippen LogP contribution in [0.25, 0.3) is 0 Å². The summed E-state index contributed by atoms with van der Waals surface area (Å²) in [5, 5.41) is 17.2. The third-order valence-electron chi connectivity index (χ3n) is 4.35. The van der Waals surface area contributed by atoms with Crippen molar-refractivity contribution in [3.63, 3.8) is 0 Å². The minimum Gasteiger partial charge on any atom is -0.492 e. The van der Waals surface area contributed by atoms with Crippen molar-refractivity contribution < 1.29 is 9.47 Å². The number of nitriles is 1. The first kappa shape index (κ1) is 16.4. The highest BCUT2D eigenvalue weighted by molar-refractivity contribution is 5.36. The maximum Gasteiger partial charge on any atom is 0.150 e. The molecule has 0 unspecified atom stereocenters. The smallest absolute Gasteiger partial charge is 0.150 e. The van der Waals surface area contributed by atoms with E-state index in [9.17, 15) is 0 Å². The van der Waals surface area contributed by atoms with Crippen LogP contribution in [-0.2, 0) is 11.8 Å². The first-order chi connectivity index (χ1) is 11.7. The molecule has 0 radical (unpaired) electrons. The van der Waals surface area contributed by atoms with Gasteiger partial charge in [0, 0.05) is 27.2 Å². The molecular weight excluding hydrogens is 306 g/mol. The number of ether oxygens (including phenoxy) is 2. The van der Waals surface area contributed by atoms with Gasteiger partial charge in [-0.25, -0.2) is 0 Å². The Bertz CT molecular complexity index is 724. The summed E-state index contributed by atoms with van der Waals surface area (Å²) in [6.45, 7) is 2.14. The van der Waals surface area contributed by atoms with Crippen molar-refractivity contribution in [3.05, 3.63) is 42.0 Å². The van der Waals surface area contributed by atoms with Gasteiger partial charge in [0.15, 0.2) is 0 Å². The number of rotatable bonds is 6. The molecule has 0 aliphatic carbocycles. The summed E-state index contributed by atoms with van der Waals surface area (Å²) in [7, 11) is 3.70. The Hall–Kier alpha value is -2.43. The van der Waals surface area contributed by atoms with E-state index in [1.165, 1.54) is 0 Å². The second-order valence-electron chi connectivity index (χ2n) is 5.89. The zero-order valence-electron chi connectivity index (χ0n) is 13.9. The van der Waals surface area contributed by atoms with Crippen molar-refractivity contribution in [3.8, 4) is 11.8 Å². The Kier molecular flexibility index (Phi) is 5.08. The Morgan fingerprint density at radius 3 is 3.00 bits per heavy atom. The van der Waals surface area contributed by atoms with Gasteiger partial charge in [0.25, 0.3) is 0 Å². The van der Waals surface area contributed by atoms with Gasteiger partial charge in [-0.3, -0.25) is 4.90 Å². The van der Waals surface area contributed by atoms with E-state index in [1.807, 2.05) is 23.7 Å². The van der Waals surface area contributed by atoms with Crippen LogP contribution in [0.2, 0.25) is 0 Å². The molecule has 1 aromatic heterocycles. The minimum absolute atomic E-state index is 0.177. The van der Waals surface area contributed by atoms with Gasteiger partial charge in [0.1, 0.15) is 24.5 Å². The molecule has 1 fully saturated rings. The van der Waals surface area contributed by atoms with Crippen molar-refractivity contribution in [1.82, 2.24) is 19.7 Å². The predicted molar refractivity (Wildman–Crippen MR) is 87.4 cm³/mol. The van der Waals surface area contributed by atoms with Crippen molar-refractivity contribution >= 4 is 0 Å². The van der Waals surface area contributed by atoms with Crippen LogP contribution in [-0.4, -0.2) is 52.6 Å². The van der Waals surface area contributed by atoms with Crippen molar-refractivity contribution in [1.29, 1.82) is 5.26 Å². The third-order valence-corrected chi connectivity index (χ3v) is 4.35. The lowest BCUT2D eigenvalue weighted by Gasteiger charge is -2.23. The van der Waals surface area contributed by atoms with Gasteiger partial charge in [-0.2, -0.15) is 5.26 Å². The van der Waals surface area contributed by atoms with Crippen LogP contribution in [0, 0.1) is 11.3 Å². The summed E-state index contributed by atoms with van der Waals surface area (Å²) in [4.78, 5) is 2.31. The lowest BCUT2D eigenvalue weighted by Crippen LogP contribution is -2.30. The van der Waals surface area contributed by atoms with Crippen LogP contribution in [0.15, 0.2) is 30.6 Å². The average Bonchev–Trinajstić information content (AvgIpc) is 3.20. The highest BCUT2D eigenvalue weighted by Gasteiger charge is 2.35. The summed E-state index contributed by atoms with van der Waals surface area (Å²) in [6, 6.07) is 9.50. The molecule has 7 nitrogen and oxygen atoms in total. The number of aromatic nitrogens is 3. The van der Waals surface area contributed by atoms with Crippen LogP contribution in [0.4, 0.5) is 0 Å². The number of nitrogens with zero attached hydrogens (tertiary/aromatic N) is 5. The predicted octanol–water partition coefficient (Wildman–Crippen LogP) is 1.53. The third kappa shape index (κ3) is 3.55. The lowest BCUT2D eigenvalue weighted by molar-refractivity contribution is 0.105. The van der Waals surface area contributed by atoms with Crippen LogP contribution in [0.3, 0.4) is 0 Å². The van der Waals surface area contributed by atoms with Crippen molar-refractivity contribution in [2.45, 2.75) is 18.6 Å².